The van der Waals surface area contributed by atoms with E-state index in [1.54, 1.807) is 12.2 Å². The van der Waals surface area contributed by atoms with Gasteiger partial charge in [-0.1, -0.05) is 204 Å². The third-order valence-electron chi connectivity index (χ3n) is 9.90. The monoisotopic (exact) mass is 809 g/mol. The SMILES string of the molecule is CCCCCCCCCCCCC/C=C/C=C/C(=O)O[C@H](COC(=O)CCC/C=C/CC/C=C/CCCCCCCCCCCCCCCC)COP(=O)(O)O. The maximum absolute atomic E-state index is 12.3. The molecule has 0 rings (SSSR count). The van der Waals surface area contributed by atoms with E-state index >= 15 is 0 Å². The molecule has 56 heavy (non-hydrogen) atoms. The molecule has 0 spiro atoms. The van der Waals surface area contributed by atoms with Crippen LogP contribution < -0.4 is 0 Å². The van der Waals surface area contributed by atoms with E-state index in [-0.39, 0.29) is 13.0 Å². The summed E-state index contributed by atoms with van der Waals surface area (Å²) in [6.45, 7) is 3.57. The van der Waals surface area contributed by atoms with E-state index in [1.165, 1.54) is 160 Å². The maximum atomic E-state index is 12.3. The van der Waals surface area contributed by atoms with Crippen LogP contribution in [0.25, 0.3) is 0 Å². The molecule has 0 aliphatic carbocycles. The highest BCUT2D eigenvalue weighted by Crippen LogP contribution is 2.36. The summed E-state index contributed by atoms with van der Waals surface area (Å²) in [5.41, 5.74) is 0. The lowest BCUT2D eigenvalue weighted by Crippen LogP contribution is -2.29. The van der Waals surface area contributed by atoms with Crippen molar-refractivity contribution in [1.82, 2.24) is 0 Å². The van der Waals surface area contributed by atoms with Crippen LogP contribution in [0.15, 0.2) is 48.6 Å². The van der Waals surface area contributed by atoms with Crippen LogP contribution in [0.5, 0.6) is 0 Å². The summed E-state index contributed by atoms with van der Waals surface area (Å²) in [5, 5.41) is 0. The van der Waals surface area contributed by atoms with Gasteiger partial charge in [-0.3, -0.25) is 9.32 Å². The molecule has 0 aromatic rings. The summed E-state index contributed by atoms with van der Waals surface area (Å²) in [6, 6.07) is 0. The third-order valence-corrected chi connectivity index (χ3v) is 10.4. The normalized spacial score (nSPS) is 12.9. The molecule has 326 valence electrons. The number of ether oxygens (including phenoxy) is 2. The predicted molar refractivity (Wildman–Crippen MR) is 234 cm³/mol. The van der Waals surface area contributed by atoms with Crippen LogP contribution in [-0.4, -0.2) is 41.0 Å². The molecule has 2 N–H and O–H groups in total. The van der Waals surface area contributed by atoms with Crippen molar-refractivity contribution < 1.29 is 37.9 Å². The maximum Gasteiger partial charge on any atom is 0.469 e. The number of allylic oxidation sites excluding steroid dienone is 7. The second kappa shape index (κ2) is 42.6. The molecule has 8 nitrogen and oxygen atoms in total. The Hall–Kier alpha value is -1.99. The van der Waals surface area contributed by atoms with Crippen molar-refractivity contribution >= 4 is 19.8 Å². The fourth-order valence-electron chi connectivity index (χ4n) is 6.48. The average Bonchev–Trinajstić information content (AvgIpc) is 3.17. The Labute approximate surface area is 344 Å². The standard InChI is InChI=1S/C47H85O8P/c1-3-5-7-9-11-13-15-17-19-20-21-22-23-24-25-26-28-29-31-33-35-37-39-41-46(48)53-43-45(44-54-56(50,51)52)55-47(49)42-40-38-36-34-32-30-27-18-16-14-12-10-8-6-4-2/h26,28,33,35-36,38,40,42,45H,3-25,27,29-32,34,37,39,41,43-44H2,1-2H3,(H2,50,51,52)/b28-26+,35-33+,38-36+,42-40+/t45-/m1/s1. The van der Waals surface area contributed by atoms with Gasteiger partial charge in [0.1, 0.15) is 6.61 Å². The largest absolute Gasteiger partial charge is 0.469 e. The van der Waals surface area contributed by atoms with Gasteiger partial charge in [-0.25, -0.2) is 9.36 Å². The van der Waals surface area contributed by atoms with E-state index in [0.717, 1.165) is 38.5 Å². The van der Waals surface area contributed by atoms with E-state index < -0.39 is 32.5 Å². The van der Waals surface area contributed by atoms with Gasteiger partial charge in [0.15, 0.2) is 6.10 Å². The summed E-state index contributed by atoms with van der Waals surface area (Å²) in [7, 11) is -4.79. The first-order valence-electron chi connectivity index (χ1n) is 23.0. The lowest BCUT2D eigenvalue weighted by Gasteiger charge is -2.17. The molecule has 0 saturated carbocycles. The fourth-order valence-corrected chi connectivity index (χ4v) is 6.84. The lowest BCUT2D eigenvalue weighted by molar-refractivity contribution is -0.157. The van der Waals surface area contributed by atoms with Crippen molar-refractivity contribution in [2.75, 3.05) is 13.2 Å². The van der Waals surface area contributed by atoms with Crippen LogP contribution in [0.1, 0.15) is 219 Å². The molecule has 0 unspecified atom stereocenters. The zero-order valence-electron chi connectivity index (χ0n) is 36.0. The number of esters is 2. The average molecular weight is 809 g/mol. The third kappa shape index (κ3) is 44.7. The van der Waals surface area contributed by atoms with Crippen LogP contribution in [0, 0.1) is 0 Å². The van der Waals surface area contributed by atoms with E-state index in [2.05, 4.69) is 42.7 Å². The molecule has 0 aromatic heterocycles. The Morgan fingerprint density at radius 1 is 0.500 bits per heavy atom. The van der Waals surface area contributed by atoms with Gasteiger partial charge in [-0.15, -0.1) is 0 Å². The zero-order chi connectivity index (χ0) is 41.1. The van der Waals surface area contributed by atoms with Gasteiger partial charge in [0, 0.05) is 12.5 Å². The second-order valence-electron chi connectivity index (χ2n) is 15.4. The Morgan fingerprint density at radius 3 is 1.34 bits per heavy atom. The van der Waals surface area contributed by atoms with Crippen LogP contribution >= 0.6 is 7.82 Å². The number of phosphoric ester groups is 1. The summed E-state index contributed by atoms with van der Waals surface area (Å²) in [4.78, 5) is 42.7. The van der Waals surface area contributed by atoms with Crippen molar-refractivity contribution in [2.45, 2.75) is 225 Å². The van der Waals surface area contributed by atoms with Crippen molar-refractivity contribution in [3.8, 4) is 0 Å². The summed E-state index contributed by atoms with van der Waals surface area (Å²) in [6.07, 6.45) is 53.5. The minimum atomic E-state index is -4.79. The van der Waals surface area contributed by atoms with Gasteiger partial charge in [0.25, 0.3) is 0 Å². The molecule has 9 heteroatoms. The smallest absolute Gasteiger partial charge is 0.462 e. The molecule has 0 saturated heterocycles. The molecule has 0 fully saturated rings. The first-order valence-corrected chi connectivity index (χ1v) is 24.5. The van der Waals surface area contributed by atoms with Gasteiger partial charge in [0.2, 0.25) is 0 Å². The first-order chi connectivity index (χ1) is 27.3. The van der Waals surface area contributed by atoms with E-state index in [0.29, 0.717) is 6.42 Å². The van der Waals surface area contributed by atoms with Crippen molar-refractivity contribution in [2.24, 2.45) is 0 Å². The highest BCUT2D eigenvalue weighted by Gasteiger charge is 2.22. The molecule has 0 aromatic carbocycles. The topological polar surface area (TPSA) is 119 Å². The van der Waals surface area contributed by atoms with Gasteiger partial charge >= 0.3 is 19.8 Å². The number of carbonyl (C=O) groups is 2. The number of rotatable bonds is 42. The highest BCUT2D eigenvalue weighted by molar-refractivity contribution is 7.46. The molecular weight excluding hydrogens is 723 g/mol. The quantitative estimate of drug-likeness (QED) is 0.0156. The molecule has 0 amide bonds. The van der Waals surface area contributed by atoms with Crippen LogP contribution in [-0.2, 0) is 28.2 Å². The van der Waals surface area contributed by atoms with Gasteiger partial charge < -0.3 is 19.3 Å². The van der Waals surface area contributed by atoms with Crippen molar-refractivity contribution in [1.29, 1.82) is 0 Å². The predicted octanol–water partition coefficient (Wildman–Crippen LogP) is 14.3. The molecule has 0 radical (unpaired) electrons. The highest BCUT2D eigenvalue weighted by atomic mass is 31.2. The Kier molecular flexibility index (Phi) is 41.1. The van der Waals surface area contributed by atoms with Gasteiger partial charge in [-0.05, 0) is 51.4 Å². The molecular formula is C47H85O8P. The molecule has 0 heterocycles. The van der Waals surface area contributed by atoms with E-state index in [1.807, 2.05) is 6.08 Å². The lowest BCUT2D eigenvalue weighted by atomic mass is 10.0. The Bertz CT molecular complexity index is 1050. The molecule has 1 atom stereocenters. The summed E-state index contributed by atoms with van der Waals surface area (Å²) >= 11 is 0. The molecule has 0 aliphatic heterocycles. The Morgan fingerprint density at radius 2 is 0.893 bits per heavy atom. The number of hydrogen-bond donors (Lipinski definition) is 2. The van der Waals surface area contributed by atoms with Crippen molar-refractivity contribution in [3.63, 3.8) is 0 Å². The second-order valence-corrected chi connectivity index (χ2v) is 16.7. The zero-order valence-corrected chi connectivity index (χ0v) is 36.9. The van der Waals surface area contributed by atoms with Crippen LogP contribution in [0.2, 0.25) is 0 Å². The summed E-state index contributed by atoms with van der Waals surface area (Å²) in [5.74, 6) is -1.18. The number of phosphoric acid groups is 1. The molecule has 0 bridgehead atoms. The Balaban J connectivity index is 3.97. The van der Waals surface area contributed by atoms with E-state index in [9.17, 15) is 14.2 Å². The van der Waals surface area contributed by atoms with Crippen LogP contribution in [0.4, 0.5) is 0 Å². The van der Waals surface area contributed by atoms with Crippen LogP contribution in [0.3, 0.4) is 0 Å². The van der Waals surface area contributed by atoms with Gasteiger partial charge in [-0.2, -0.15) is 0 Å². The van der Waals surface area contributed by atoms with E-state index in [4.69, 9.17) is 19.3 Å². The summed E-state index contributed by atoms with van der Waals surface area (Å²) < 4.78 is 26.2. The first kappa shape index (κ1) is 54.0. The number of carbonyl (C=O) groups excluding carboxylic acids is 2. The number of hydrogen-bond acceptors (Lipinski definition) is 6. The van der Waals surface area contributed by atoms with Crippen molar-refractivity contribution in [3.05, 3.63) is 48.6 Å². The minimum absolute atomic E-state index is 0.188. The molecule has 0 aliphatic rings. The fraction of sp³-hybridized carbons (Fsp3) is 0.787. The van der Waals surface area contributed by atoms with Gasteiger partial charge in [0.05, 0.1) is 6.61 Å². The number of unbranched alkanes of at least 4 members (excludes halogenated alkanes) is 27. The minimum Gasteiger partial charge on any atom is -0.462 e.